The van der Waals surface area contributed by atoms with Gasteiger partial charge in [0, 0.05) is 18.1 Å². The summed E-state index contributed by atoms with van der Waals surface area (Å²) in [6, 6.07) is 0.125. The first-order chi connectivity index (χ1) is 11.1. The number of rotatable bonds is 5. The number of benzene rings is 1. The van der Waals surface area contributed by atoms with Crippen LogP contribution in [0, 0.1) is 40.5 Å². The summed E-state index contributed by atoms with van der Waals surface area (Å²) in [5.74, 6) is -7.29. The highest BCUT2D eigenvalue weighted by Gasteiger charge is 2.61. The van der Waals surface area contributed by atoms with E-state index in [9.17, 15) is 22.4 Å². The molecule has 8 heteroatoms. The average molecular weight is 385 g/mol. The van der Waals surface area contributed by atoms with Crippen LogP contribution in [0.4, 0.5) is 17.6 Å². The fourth-order valence-corrected chi connectivity index (χ4v) is 3.03. The highest BCUT2D eigenvalue weighted by atomic mass is 35.5. The minimum atomic E-state index is -1.50. The van der Waals surface area contributed by atoms with Crippen molar-refractivity contribution in [3.05, 3.63) is 45.5 Å². The number of carbonyl (C=O) groups is 1. The molecule has 0 spiro atoms. The predicted octanol–water partition coefficient (Wildman–Crippen LogP) is 4.92. The minimum absolute atomic E-state index is 0.0303. The number of carbonyl (C=O) groups excluding carboxylic acids is 1. The van der Waals surface area contributed by atoms with Gasteiger partial charge in [0.15, 0.2) is 23.3 Å². The summed E-state index contributed by atoms with van der Waals surface area (Å²) in [7, 11) is 0. The Balaban J connectivity index is 1.99. The number of hydrogen-bond donors (Lipinski definition) is 0. The fourth-order valence-electron chi connectivity index (χ4n) is 2.76. The first kappa shape index (κ1) is 19.1. The molecule has 2 nitrogen and oxygen atoms in total. The van der Waals surface area contributed by atoms with Gasteiger partial charge in [-0.15, -0.1) is 0 Å². The van der Waals surface area contributed by atoms with E-state index in [0.29, 0.717) is 0 Å². The number of allylic oxidation sites excluding steroid dienone is 1. The summed E-state index contributed by atoms with van der Waals surface area (Å²) in [5.41, 5.74) is -1.20. The van der Waals surface area contributed by atoms with Gasteiger partial charge in [-0.1, -0.05) is 37.0 Å². The van der Waals surface area contributed by atoms with Crippen molar-refractivity contribution in [3.8, 4) is 0 Å². The zero-order valence-electron chi connectivity index (χ0n) is 12.8. The van der Waals surface area contributed by atoms with Crippen LogP contribution in [0.3, 0.4) is 0 Å². The number of esters is 1. The third-order valence-corrected chi connectivity index (χ3v) is 4.52. The number of ether oxygens (including phenoxy) is 1. The molecular weight excluding hydrogens is 371 g/mol. The third-order valence-electron chi connectivity index (χ3n) is 4.27. The quantitative estimate of drug-likeness (QED) is 0.409. The molecule has 0 heterocycles. The van der Waals surface area contributed by atoms with Crippen LogP contribution in [-0.2, 0) is 16.0 Å². The van der Waals surface area contributed by atoms with Crippen LogP contribution in [0.1, 0.15) is 19.4 Å². The van der Waals surface area contributed by atoms with Gasteiger partial charge < -0.3 is 4.74 Å². The number of hydrogen-bond acceptors (Lipinski definition) is 2. The number of halogens is 6. The Morgan fingerprint density at radius 1 is 1.21 bits per heavy atom. The maximum atomic E-state index is 13.5. The van der Waals surface area contributed by atoms with Crippen molar-refractivity contribution in [2.24, 2.45) is 17.3 Å². The van der Waals surface area contributed by atoms with Gasteiger partial charge in [0.05, 0.1) is 12.5 Å². The summed E-state index contributed by atoms with van der Waals surface area (Å²) in [4.78, 5) is 12.0. The summed E-state index contributed by atoms with van der Waals surface area (Å²) in [6.45, 7) is 3.23. The highest BCUT2D eigenvalue weighted by Crippen LogP contribution is 2.60. The molecule has 0 bridgehead atoms. The minimum Gasteiger partial charge on any atom is -0.465 e. The molecule has 1 saturated carbocycles. The lowest BCUT2D eigenvalue weighted by atomic mass is 10.1. The monoisotopic (exact) mass is 384 g/mol. The second-order valence-electron chi connectivity index (χ2n) is 6.15. The summed E-state index contributed by atoms with van der Waals surface area (Å²) in [6.07, 6.45) is 1.04. The van der Waals surface area contributed by atoms with Crippen LogP contribution in [-0.4, -0.2) is 12.6 Å². The zero-order valence-corrected chi connectivity index (χ0v) is 14.3. The Morgan fingerprint density at radius 2 is 1.75 bits per heavy atom. The molecule has 1 aromatic rings. The second kappa shape index (κ2) is 6.92. The Kier molecular flexibility index (Phi) is 5.50. The SMILES string of the molecule is CC1(C)[C@H](C=C(Cl)Cl)[C@H]1C(=O)OCCc1c(F)c(F)cc(F)c1F. The van der Waals surface area contributed by atoms with Crippen molar-refractivity contribution in [2.75, 3.05) is 6.61 Å². The van der Waals surface area contributed by atoms with Gasteiger partial charge in [0.1, 0.15) is 4.49 Å². The predicted molar refractivity (Wildman–Crippen MR) is 81.5 cm³/mol. The first-order valence-corrected chi connectivity index (χ1v) is 7.84. The van der Waals surface area contributed by atoms with Gasteiger partial charge in [-0.2, -0.15) is 0 Å². The van der Waals surface area contributed by atoms with Gasteiger partial charge in [-0.05, 0) is 17.4 Å². The van der Waals surface area contributed by atoms with E-state index in [2.05, 4.69) is 0 Å². The Labute approximate surface area is 146 Å². The molecule has 2 rings (SSSR count). The molecule has 0 N–H and O–H groups in total. The maximum Gasteiger partial charge on any atom is 0.310 e. The van der Waals surface area contributed by atoms with E-state index >= 15 is 0 Å². The molecule has 0 unspecified atom stereocenters. The van der Waals surface area contributed by atoms with Crippen molar-refractivity contribution < 1.29 is 27.1 Å². The van der Waals surface area contributed by atoms with Crippen LogP contribution in [0.15, 0.2) is 16.6 Å². The lowest BCUT2D eigenvalue weighted by Crippen LogP contribution is -2.14. The molecule has 24 heavy (non-hydrogen) atoms. The lowest BCUT2D eigenvalue weighted by molar-refractivity contribution is -0.146. The Bertz CT molecular complexity index is 674. The summed E-state index contributed by atoms with van der Waals surface area (Å²) < 4.78 is 58.2. The molecule has 0 amide bonds. The van der Waals surface area contributed by atoms with Gasteiger partial charge in [0.25, 0.3) is 0 Å². The summed E-state index contributed by atoms with van der Waals surface area (Å²) >= 11 is 11.2. The van der Waals surface area contributed by atoms with Gasteiger partial charge >= 0.3 is 5.97 Å². The molecule has 0 aliphatic heterocycles. The molecule has 1 aliphatic rings. The molecule has 0 aromatic heterocycles. The zero-order chi connectivity index (χ0) is 18.2. The maximum absolute atomic E-state index is 13.5. The second-order valence-corrected chi connectivity index (χ2v) is 7.15. The van der Waals surface area contributed by atoms with Crippen LogP contribution < -0.4 is 0 Å². The molecule has 1 fully saturated rings. The van der Waals surface area contributed by atoms with E-state index in [4.69, 9.17) is 27.9 Å². The van der Waals surface area contributed by atoms with E-state index in [0.717, 1.165) is 0 Å². The van der Waals surface area contributed by atoms with E-state index in [-0.39, 0.29) is 16.5 Å². The van der Waals surface area contributed by atoms with Crippen LogP contribution in [0.5, 0.6) is 0 Å². The lowest BCUT2D eigenvalue weighted by Gasteiger charge is -2.08. The van der Waals surface area contributed by atoms with Crippen LogP contribution in [0.2, 0.25) is 0 Å². The van der Waals surface area contributed by atoms with Crippen LogP contribution >= 0.6 is 23.2 Å². The van der Waals surface area contributed by atoms with E-state index in [1.807, 2.05) is 13.8 Å². The fraction of sp³-hybridized carbons (Fsp3) is 0.438. The molecule has 132 valence electrons. The van der Waals surface area contributed by atoms with Crippen molar-refractivity contribution >= 4 is 29.2 Å². The van der Waals surface area contributed by atoms with Crippen molar-refractivity contribution in [1.82, 2.24) is 0 Å². The molecule has 0 radical (unpaired) electrons. The van der Waals surface area contributed by atoms with E-state index < -0.39 is 59.2 Å². The largest absolute Gasteiger partial charge is 0.465 e. The Morgan fingerprint density at radius 3 is 2.25 bits per heavy atom. The molecular formula is C16H14Cl2F4O2. The van der Waals surface area contributed by atoms with E-state index in [1.54, 1.807) is 0 Å². The Hall–Kier alpha value is -1.27. The summed E-state index contributed by atoms with van der Waals surface area (Å²) in [5, 5.41) is 0. The molecule has 1 aliphatic carbocycles. The standard InChI is InChI=1S/C16H14Cl2F4O2/c1-16(2)8(5-11(17)18)12(16)15(23)24-4-3-7-13(21)9(19)6-10(20)14(7)22/h5-6,8,12H,3-4H2,1-2H3/t8-,12+/m1/s1. The van der Waals surface area contributed by atoms with E-state index in [1.165, 1.54) is 6.08 Å². The normalized spacial score (nSPS) is 21.3. The molecule has 0 saturated heterocycles. The van der Waals surface area contributed by atoms with Gasteiger partial charge in [-0.25, -0.2) is 17.6 Å². The van der Waals surface area contributed by atoms with Crippen LogP contribution in [0.25, 0.3) is 0 Å². The van der Waals surface area contributed by atoms with Crippen molar-refractivity contribution in [2.45, 2.75) is 20.3 Å². The third kappa shape index (κ3) is 3.70. The molecule has 2 atom stereocenters. The molecule has 1 aromatic carbocycles. The van der Waals surface area contributed by atoms with Gasteiger partial charge in [-0.3, -0.25) is 4.79 Å². The smallest absolute Gasteiger partial charge is 0.310 e. The van der Waals surface area contributed by atoms with Gasteiger partial charge in [0.2, 0.25) is 0 Å². The highest BCUT2D eigenvalue weighted by molar-refractivity contribution is 6.55. The van der Waals surface area contributed by atoms with Crippen molar-refractivity contribution in [3.63, 3.8) is 0 Å². The topological polar surface area (TPSA) is 26.3 Å². The first-order valence-electron chi connectivity index (χ1n) is 7.08. The van der Waals surface area contributed by atoms with Crippen molar-refractivity contribution in [1.29, 1.82) is 0 Å². The average Bonchev–Trinajstić information content (AvgIpc) is 3.00.